The van der Waals surface area contributed by atoms with Crippen LogP contribution in [0.15, 0.2) is 60.7 Å². The number of carbonyl (C=O) groups excluding carboxylic acids is 3. The number of benzene rings is 3. The Kier molecular flexibility index (Phi) is 13.4. The van der Waals surface area contributed by atoms with Crippen molar-refractivity contribution in [2.24, 2.45) is 5.73 Å². The predicted molar refractivity (Wildman–Crippen MR) is 204 cm³/mol. The summed E-state index contributed by atoms with van der Waals surface area (Å²) in [4.78, 5) is 42.1. The maximum absolute atomic E-state index is 15.2. The largest absolute Gasteiger partial charge is 0.366 e. The zero-order valence-corrected chi connectivity index (χ0v) is 31.0. The van der Waals surface area contributed by atoms with Crippen molar-refractivity contribution in [2.45, 2.75) is 64.5 Å². The zero-order chi connectivity index (χ0) is 34.7. The summed E-state index contributed by atoms with van der Waals surface area (Å²) < 4.78 is 30.4. The number of anilines is 2. The lowest BCUT2D eigenvalue weighted by molar-refractivity contribution is 0.0827. The summed E-state index contributed by atoms with van der Waals surface area (Å²) >= 11 is 1.39. The Labute approximate surface area is 313 Å². The van der Waals surface area contributed by atoms with Crippen LogP contribution in [-0.4, -0.2) is 47.8 Å². The van der Waals surface area contributed by atoms with Crippen LogP contribution in [0.1, 0.15) is 84.9 Å². The predicted octanol–water partition coefficient (Wildman–Crippen LogP) is 7.32. The number of halogens is 4. The molecule has 6 rings (SSSR count). The lowest BCUT2D eigenvalue weighted by Crippen LogP contribution is -2.57. The second-order valence-corrected chi connectivity index (χ2v) is 14.5. The molecule has 272 valence electrons. The second kappa shape index (κ2) is 17.1. The van der Waals surface area contributed by atoms with Gasteiger partial charge in [0.25, 0.3) is 11.8 Å². The van der Waals surface area contributed by atoms with Crippen molar-refractivity contribution in [1.82, 2.24) is 10.2 Å². The van der Waals surface area contributed by atoms with Gasteiger partial charge in [-0.3, -0.25) is 19.3 Å². The fourth-order valence-electron chi connectivity index (χ4n) is 6.63. The van der Waals surface area contributed by atoms with Gasteiger partial charge in [-0.1, -0.05) is 24.3 Å². The van der Waals surface area contributed by atoms with Crippen LogP contribution in [0.2, 0.25) is 0 Å². The van der Waals surface area contributed by atoms with E-state index in [1.165, 1.54) is 11.3 Å². The molecular weight excluding hydrogens is 715 g/mol. The number of amides is 3. The van der Waals surface area contributed by atoms with Crippen molar-refractivity contribution >= 4 is 64.6 Å². The molecule has 1 aromatic heterocycles. The number of thiophene rings is 1. The molecule has 0 radical (unpaired) electrons. The van der Waals surface area contributed by atoms with Gasteiger partial charge in [-0.25, -0.2) is 8.78 Å². The van der Waals surface area contributed by atoms with Gasteiger partial charge in [-0.15, -0.1) is 36.2 Å². The fourth-order valence-corrected chi connectivity index (χ4v) is 7.91. The Balaban J connectivity index is 0.00000292. The van der Waals surface area contributed by atoms with Crippen LogP contribution in [-0.2, 0) is 32.2 Å². The smallest absolute Gasteiger partial charge is 0.258 e. The molecule has 2 heterocycles. The average Bonchev–Trinajstić information content (AvgIpc) is 3.43. The van der Waals surface area contributed by atoms with Gasteiger partial charge in [0.05, 0.1) is 5.56 Å². The number of nitrogens with zero attached hydrogens (tertiary/aromatic N) is 1. The van der Waals surface area contributed by atoms with Crippen molar-refractivity contribution in [2.75, 3.05) is 30.3 Å². The summed E-state index contributed by atoms with van der Waals surface area (Å²) in [6, 6.07) is 16.3. The highest BCUT2D eigenvalue weighted by molar-refractivity contribution is 7.17. The van der Waals surface area contributed by atoms with E-state index in [0.717, 1.165) is 72.6 Å². The lowest BCUT2D eigenvalue weighted by atomic mass is 9.95. The number of hydrogen-bond donors (Lipinski definition) is 4. The Bertz CT molecular complexity index is 1880. The van der Waals surface area contributed by atoms with E-state index in [2.05, 4.69) is 34.7 Å². The minimum absolute atomic E-state index is 0. The normalized spacial score (nSPS) is 15.1. The molecule has 0 atom stereocenters. The maximum Gasteiger partial charge on any atom is 0.258 e. The third-order valence-corrected chi connectivity index (χ3v) is 10.7. The highest BCUT2D eigenvalue weighted by Gasteiger charge is 2.30. The number of nitrogens with two attached hydrogens (primary N) is 1. The molecule has 0 spiro atoms. The molecule has 3 amide bonds. The van der Waals surface area contributed by atoms with E-state index in [0.29, 0.717) is 41.1 Å². The van der Waals surface area contributed by atoms with E-state index in [9.17, 15) is 14.4 Å². The first-order valence-electron chi connectivity index (χ1n) is 16.7. The SMILES string of the molecule is CC1(C)CNCCN1Cc1cccc(C(=O)Nc2sc3c(c2C(=O)Nc2cc(F)c(CCc4ccc(C(N)=O)cc4)c(F)c2)CCCC3)c1.Cl.Cl. The summed E-state index contributed by atoms with van der Waals surface area (Å²) in [7, 11) is 0. The van der Waals surface area contributed by atoms with Crippen LogP contribution < -0.4 is 21.7 Å². The van der Waals surface area contributed by atoms with Crippen molar-refractivity contribution in [1.29, 1.82) is 0 Å². The van der Waals surface area contributed by atoms with Crippen molar-refractivity contribution in [3.63, 3.8) is 0 Å². The van der Waals surface area contributed by atoms with Crippen LogP contribution in [0.5, 0.6) is 0 Å². The van der Waals surface area contributed by atoms with E-state index < -0.39 is 23.4 Å². The number of rotatable bonds is 10. The second-order valence-electron chi connectivity index (χ2n) is 13.4. The molecule has 1 aliphatic heterocycles. The number of carbonyl (C=O) groups is 3. The first-order valence-corrected chi connectivity index (χ1v) is 17.5. The number of primary amides is 1. The molecule has 1 saturated heterocycles. The quantitative estimate of drug-likeness (QED) is 0.135. The monoisotopic (exact) mass is 757 g/mol. The molecule has 3 aromatic carbocycles. The number of fused-ring (bicyclic) bond motifs is 1. The Morgan fingerprint density at radius 1 is 0.882 bits per heavy atom. The first kappa shape index (κ1) is 39.9. The van der Waals surface area contributed by atoms with Crippen LogP contribution in [0, 0.1) is 11.6 Å². The molecule has 0 bridgehead atoms. The van der Waals surface area contributed by atoms with Crippen LogP contribution in [0.3, 0.4) is 0 Å². The van der Waals surface area contributed by atoms with Gasteiger partial charge in [0.2, 0.25) is 5.91 Å². The molecule has 1 fully saturated rings. The van der Waals surface area contributed by atoms with Gasteiger partial charge < -0.3 is 21.7 Å². The summed E-state index contributed by atoms with van der Waals surface area (Å²) in [5.41, 5.74) is 9.06. The van der Waals surface area contributed by atoms with Gasteiger partial charge in [-0.2, -0.15) is 0 Å². The van der Waals surface area contributed by atoms with E-state index in [1.807, 2.05) is 18.2 Å². The molecule has 0 unspecified atom stereocenters. The van der Waals surface area contributed by atoms with Crippen LogP contribution in [0.25, 0.3) is 0 Å². The van der Waals surface area contributed by atoms with Gasteiger partial charge in [0.15, 0.2) is 0 Å². The molecule has 2 aliphatic rings. The van der Waals surface area contributed by atoms with E-state index in [-0.39, 0.29) is 53.9 Å². The highest BCUT2D eigenvalue weighted by atomic mass is 35.5. The van der Waals surface area contributed by atoms with Crippen LogP contribution >= 0.6 is 36.2 Å². The van der Waals surface area contributed by atoms with Gasteiger partial charge >= 0.3 is 0 Å². The summed E-state index contributed by atoms with van der Waals surface area (Å²) in [6.45, 7) is 7.83. The molecule has 13 heteroatoms. The summed E-state index contributed by atoms with van der Waals surface area (Å²) in [6.07, 6.45) is 3.81. The number of aryl methyl sites for hydroxylation is 2. The minimum atomic E-state index is -0.769. The Morgan fingerprint density at radius 2 is 1.59 bits per heavy atom. The molecule has 51 heavy (non-hydrogen) atoms. The Hall–Kier alpha value is -3.87. The standard InChI is InChI=1S/C38H41F2N5O3S.2ClH/c1-38(2)22-42-16-17-45(38)21-24-6-5-7-26(18-24)35(47)44-37-33(29-8-3-4-9-32(29)49-37)36(48)43-27-19-30(39)28(31(40)20-27)15-12-23-10-13-25(14-11-23)34(41)46;;/h5-7,10-11,13-14,18-20,42H,3-4,8-9,12,15-17,21-22H2,1-2H3,(H2,41,46)(H,43,48)(H,44,47);2*1H. The van der Waals surface area contributed by atoms with Gasteiger partial charge in [0.1, 0.15) is 16.6 Å². The van der Waals surface area contributed by atoms with Crippen molar-refractivity contribution in [3.05, 3.63) is 116 Å². The highest BCUT2D eigenvalue weighted by Crippen LogP contribution is 2.39. The van der Waals surface area contributed by atoms with Crippen molar-refractivity contribution < 1.29 is 23.2 Å². The summed E-state index contributed by atoms with van der Waals surface area (Å²) in [5.74, 6) is -2.93. The van der Waals surface area contributed by atoms with E-state index >= 15 is 8.78 Å². The van der Waals surface area contributed by atoms with E-state index in [1.54, 1.807) is 30.3 Å². The fraction of sp³-hybridized carbons (Fsp3) is 0.342. The molecular formula is C38H43Cl2F2N5O3S. The third-order valence-electron chi connectivity index (χ3n) is 9.46. The Morgan fingerprint density at radius 3 is 2.27 bits per heavy atom. The number of piperazine rings is 1. The lowest BCUT2D eigenvalue weighted by Gasteiger charge is -2.43. The van der Waals surface area contributed by atoms with Crippen LogP contribution in [0.4, 0.5) is 19.5 Å². The number of nitrogens with one attached hydrogen (secondary N) is 3. The molecule has 4 aromatic rings. The molecule has 5 N–H and O–H groups in total. The number of hydrogen-bond acceptors (Lipinski definition) is 6. The maximum atomic E-state index is 15.2. The summed E-state index contributed by atoms with van der Waals surface area (Å²) in [5, 5.41) is 9.55. The van der Waals surface area contributed by atoms with Gasteiger partial charge in [0, 0.05) is 59.0 Å². The van der Waals surface area contributed by atoms with E-state index in [4.69, 9.17) is 5.73 Å². The topological polar surface area (TPSA) is 117 Å². The first-order chi connectivity index (χ1) is 23.5. The molecule has 0 saturated carbocycles. The van der Waals surface area contributed by atoms with Crippen molar-refractivity contribution in [3.8, 4) is 0 Å². The molecule has 8 nitrogen and oxygen atoms in total. The third kappa shape index (κ3) is 9.33. The van der Waals surface area contributed by atoms with Gasteiger partial charge in [-0.05, 0) is 105 Å². The average molecular weight is 759 g/mol. The zero-order valence-electron chi connectivity index (χ0n) is 28.6. The minimum Gasteiger partial charge on any atom is -0.366 e. The molecule has 1 aliphatic carbocycles.